The number of pyridine rings is 1. The van der Waals surface area contributed by atoms with Gasteiger partial charge in [0.05, 0.1) is 16.9 Å². The van der Waals surface area contributed by atoms with E-state index in [4.69, 9.17) is 0 Å². The average Bonchev–Trinajstić information content (AvgIpc) is 3.14. The fourth-order valence-corrected chi connectivity index (χ4v) is 2.34. The molecule has 1 aromatic carbocycles. The number of aromatic nitrogens is 4. The van der Waals surface area contributed by atoms with Gasteiger partial charge in [0, 0.05) is 33.0 Å². The Morgan fingerprint density at radius 3 is 2.62 bits per heavy atom. The third kappa shape index (κ3) is 3.40. The van der Waals surface area contributed by atoms with Crippen molar-refractivity contribution in [1.29, 1.82) is 0 Å². The van der Waals surface area contributed by atoms with E-state index in [0.717, 1.165) is 16.9 Å². The summed E-state index contributed by atoms with van der Waals surface area (Å²) in [6.45, 7) is 0.443. The van der Waals surface area contributed by atoms with Crippen LogP contribution in [0.4, 0.5) is 5.69 Å². The monoisotopic (exact) mass is 322 g/mol. The summed E-state index contributed by atoms with van der Waals surface area (Å²) in [6.07, 6.45) is 6.39. The molecule has 0 aliphatic heterocycles. The summed E-state index contributed by atoms with van der Waals surface area (Å²) in [4.78, 5) is 22.3. The maximum Gasteiger partial charge on any atom is 0.255 e. The Labute approximate surface area is 140 Å². The zero-order valence-corrected chi connectivity index (χ0v) is 13.5. The lowest BCUT2D eigenvalue weighted by atomic mass is 10.2. The summed E-state index contributed by atoms with van der Waals surface area (Å²) in [5.41, 5.74) is 3.32. The SMILES string of the molecule is CN(C)c1ccncc1C(=O)NCc1ccc(-n2cncn2)cc1. The summed E-state index contributed by atoms with van der Waals surface area (Å²) in [7, 11) is 3.80. The van der Waals surface area contributed by atoms with E-state index < -0.39 is 0 Å². The molecular weight excluding hydrogens is 304 g/mol. The molecule has 0 fully saturated rings. The Kier molecular flexibility index (Phi) is 4.51. The van der Waals surface area contributed by atoms with Gasteiger partial charge in [0.2, 0.25) is 0 Å². The number of benzene rings is 1. The van der Waals surface area contributed by atoms with Crippen molar-refractivity contribution in [3.63, 3.8) is 0 Å². The first-order chi connectivity index (χ1) is 11.6. The third-order valence-corrected chi connectivity index (χ3v) is 3.60. The van der Waals surface area contributed by atoms with Crippen LogP contribution >= 0.6 is 0 Å². The standard InChI is InChI=1S/C17H18N6O/c1-22(2)16-7-8-18-10-15(16)17(24)20-9-13-3-5-14(6-4-13)23-12-19-11-21-23/h3-8,10-12H,9H2,1-2H3,(H,20,24). The van der Waals surface area contributed by atoms with E-state index >= 15 is 0 Å². The highest BCUT2D eigenvalue weighted by molar-refractivity contribution is 5.99. The van der Waals surface area contributed by atoms with Crippen molar-refractivity contribution in [3.8, 4) is 5.69 Å². The number of anilines is 1. The molecule has 0 aliphatic rings. The zero-order valence-electron chi connectivity index (χ0n) is 13.5. The number of carbonyl (C=O) groups is 1. The van der Waals surface area contributed by atoms with Gasteiger partial charge in [-0.1, -0.05) is 12.1 Å². The molecule has 7 heteroatoms. The summed E-state index contributed by atoms with van der Waals surface area (Å²) >= 11 is 0. The van der Waals surface area contributed by atoms with Crippen LogP contribution in [-0.4, -0.2) is 39.8 Å². The molecule has 0 saturated heterocycles. The van der Waals surface area contributed by atoms with Gasteiger partial charge < -0.3 is 10.2 Å². The molecule has 0 aliphatic carbocycles. The largest absolute Gasteiger partial charge is 0.377 e. The van der Waals surface area contributed by atoms with Crippen molar-refractivity contribution < 1.29 is 4.79 Å². The molecule has 0 saturated carbocycles. The van der Waals surface area contributed by atoms with Crippen LogP contribution < -0.4 is 10.2 Å². The van der Waals surface area contributed by atoms with Gasteiger partial charge in [-0.2, -0.15) is 5.10 Å². The third-order valence-electron chi connectivity index (χ3n) is 3.60. The smallest absolute Gasteiger partial charge is 0.255 e. The molecule has 0 atom stereocenters. The van der Waals surface area contributed by atoms with Crippen molar-refractivity contribution in [3.05, 3.63) is 66.5 Å². The molecule has 3 aromatic rings. The Balaban J connectivity index is 1.67. The first-order valence-electron chi connectivity index (χ1n) is 7.48. The van der Waals surface area contributed by atoms with Crippen LogP contribution in [0.3, 0.4) is 0 Å². The Bertz CT molecular complexity index is 811. The second-order valence-corrected chi connectivity index (χ2v) is 5.48. The number of nitrogens with zero attached hydrogens (tertiary/aromatic N) is 5. The quantitative estimate of drug-likeness (QED) is 0.773. The molecular formula is C17H18N6O. The van der Waals surface area contributed by atoms with Gasteiger partial charge >= 0.3 is 0 Å². The van der Waals surface area contributed by atoms with Crippen molar-refractivity contribution in [2.75, 3.05) is 19.0 Å². The van der Waals surface area contributed by atoms with Crippen molar-refractivity contribution in [2.45, 2.75) is 6.54 Å². The molecule has 2 aromatic heterocycles. The molecule has 0 bridgehead atoms. The lowest BCUT2D eigenvalue weighted by Gasteiger charge is -2.16. The second kappa shape index (κ2) is 6.91. The van der Waals surface area contributed by atoms with Gasteiger partial charge in [-0.15, -0.1) is 0 Å². The molecule has 0 radical (unpaired) electrons. The Hall–Kier alpha value is -3.22. The van der Waals surface area contributed by atoms with E-state index in [0.29, 0.717) is 12.1 Å². The van der Waals surface area contributed by atoms with Gasteiger partial charge in [0.15, 0.2) is 0 Å². The molecule has 7 nitrogen and oxygen atoms in total. The number of amides is 1. The highest BCUT2D eigenvalue weighted by Gasteiger charge is 2.12. The lowest BCUT2D eigenvalue weighted by Crippen LogP contribution is -2.25. The molecule has 122 valence electrons. The fourth-order valence-electron chi connectivity index (χ4n) is 2.34. The summed E-state index contributed by atoms with van der Waals surface area (Å²) in [6, 6.07) is 9.60. The maximum absolute atomic E-state index is 12.4. The number of hydrogen-bond donors (Lipinski definition) is 1. The molecule has 24 heavy (non-hydrogen) atoms. The minimum atomic E-state index is -0.146. The minimum absolute atomic E-state index is 0.146. The van der Waals surface area contributed by atoms with Crippen LogP contribution in [0.2, 0.25) is 0 Å². The molecule has 0 unspecified atom stereocenters. The number of rotatable bonds is 5. The van der Waals surface area contributed by atoms with Gasteiger partial charge in [0.1, 0.15) is 12.7 Å². The highest BCUT2D eigenvalue weighted by Crippen LogP contribution is 2.16. The molecule has 0 spiro atoms. The van der Waals surface area contributed by atoms with E-state index in [1.165, 1.54) is 6.33 Å². The van der Waals surface area contributed by atoms with Gasteiger partial charge in [0.25, 0.3) is 5.91 Å². The van der Waals surface area contributed by atoms with Crippen LogP contribution in [0.1, 0.15) is 15.9 Å². The highest BCUT2D eigenvalue weighted by atomic mass is 16.1. The van der Waals surface area contributed by atoms with Crippen LogP contribution in [-0.2, 0) is 6.54 Å². The molecule has 1 amide bonds. The van der Waals surface area contributed by atoms with Gasteiger partial charge in [-0.05, 0) is 23.8 Å². The van der Waals surface area contributed by atoms with E-state index in [2.05, 4.69) is 20.4 Å². The number of carbonyl (C=O) groups excluding carboxylic acids is 1. The number of hydrogen-bond acceptors (Lipinski definition) is 5. The predicted molar refractivity (Wildman–Crippen MR) is 91.1 cm³/mol. The summed E-state index contributed by atoms with van der Waals surface area (Å²) < 4.78 is 1.68. The van der Waals surface area contributed by atoms with Crippen molar-refractivity contribution in [1.82, 2.24) is 25.1 Å². The van der Waals surface area contributed by atoms with Crippen molar-refractivity contribution in [2.24, 2.45) is 0 Å². The van der Waals surface area contributed by atoms with E-state index in [1.807, 2.05) is 49.3 Å². The normalized spacial score (nSPS) is 10.4. The van der Waals surface area contributed by atoms with E-state index in [1.54, 1.807) is 23.4 Å². The molecule has 2 heterocycles. The fraction of sp³-hybridized carbons (Fsp3) is 0.176. The van der Waals surface area contributed by atoms with Crippen LogP contribution in [0.25, 0.3) is 5.69 Å². The summed E-state index contributed by atoms with van der Waals surface area (Å²) in [5.74, 6) is -0.146. The van der Waals surface area contributed by atoms with Gasteiger partial charge in [-0.25, -0.2) is 9.67 Å². The molecule has 1 N–H and O–H groups in total. The number of nitrogens with one attached hydrogen (secondary N) is 1. The Morgan fingerprint density at radius 2 is 1.96 bits per heavy atom. The second-order valence-electron chi connectivity index (χ2n) is 5.48. The van der Waals surface area contributed by atoms with E-state index in [-0.39, 0.29) is 5.91 Å². The summed E-state index contributed by atoms with van der Waals surface area (Å²) in [5, 5.41) is 7.00. The zero-order chi connectivity index (χ0) is 16.9. The van der Waals surface area contributed by atoms with Gasteiger partial charge in [-0.3, -0.25) is 9.78 Å². The maximum atomic E-state index is 12.4. The molecule has 3 rings (SSSR count). The van der Waals surface area contributed by atoms with Crippen molar-refractivity contribution >= 4 is 11.6 Å². The first-order valence-corrected chi connectivity index (χ1v) is 7.48. The minimum Gasteiger partial charge on any atom is -0.377 e. The lowest BCUT2D eigenvalue weighted by molar-refractivity contribution is 0.0951. The average molecular weight is 322 g/mol. The Morgan fingerprint density at radius 1 is 1.17 bits per heavy atom. The van der Waals surface area contributed by atoms with Crippen LogP contribution in [0.5, 0.6) is 0 Å². The first kappa shape index (κ1) is 15.7. The predicted octanol–water partition coefficient (Wildman–Crippen LogP) is 1.66. The van der Waals surface area contributed by atoms with Crippen LogP contribution in [0.15, 0.2) is 55.4 Å². The topological polar surface area (TPSA) is 75.9 Å². The van der Waals surface area contributed by atoms with E-state index in [9.17, 15) is 4.79 Å². The van der Waals surface area contributed by atoms with Crippen LogP contribution in [0, 0.1) is 0 Å².